The summed E-state index contributed by atoms with van der Waals surface area (Å²) in [7, 11) is 1.50. The highest BCUT2D eigenvalue weighted by atomic mass is 16.1. The van der Waals surface area contributed by atoms with Gasteiger partial charge in [-0.05, 0) is 26.3 Å². The molecule has 0 heterocycles. The summed E-state index contributed by atoms with van der Waals surface area (Å²) >= 11 is 0. The Kier molecular flexibility index (Phi) is 6.82. The molecule has 1 fully saturated rings. The zero-order valence-electron chi connectivity index (χ0n) is 8.75. The van der Waals surface area contributed by atoms with Crippen molar-refractivity contribution in [1.82, 2.24) is 0 Å². The molecule has 0 aliphatic heterocycles. The second kappa shape index (κ2) is 7.04. The summed E-state index contributed by atoms with van der Waals surface area (Å²) in [5, 5.41) is 0. The van der Waals surface area contributed by atoms with Gasteiger partial charge >= 0.3 is 0 Å². The van der Waals surface area contributed by atoms with E-state index in [1.165, 1.54) is 7.05 Å². The van der Waals surface area contributed by atoms with E-state index in [0.29, 0.717) is 12.2 Å². The average molecular weight is 186 g/mol. The van der Waals surface area contributed by atoms with Gasteiger partial charge in [-0.3, -0.25) is 4.79 Å². The third-order valence-corrected chi connectivity index (χ3v) is 2.52. The molecule has 0 bridgehead atoms. The fourth-order valence-corrected chi connectivity index (χ4v) is 1.81. The van der Waals surface area contributed by atoms with Crippen molar-refractivity contribution in [3.8, 4) is 0 Å². The molecular weight excluding hydrogens is 164 g/mol. The van der Waals surface area contributed by atoms with Crippen LogP contribution in [0.15, 0.2) is 0 Å². The lowest BCUT2D eigenvalue weighted by Gasteiger charge is -2.24. The molecule has 0 amide bonds. The fourth-order valence-electron chi connectivity index (χ4n) is 1.81. The van der Waals surface area contributed by atoms with E-state index in [0.717, 1.165) is 25.7 Å². The lowest BCUT2D eigenvalue weighted by molar-refractivity contribution is -0.123. The number of carbonyl (C=O) groups is 1. The molecule has 1 rings (SSSR count). The number of Topliss-reactive ketones (excluding diaryl/α,β-unsaturated/α-hetero) is 1. The minimum atomic E-state index is 0.281. The summed E-state index contributed by atoms with van der Waals surface area (Å²) in [5.74, 6) is 0.684. The van der Waals surface area contributed by atoms with Crippen LogP contribution in [0, 0.1) is 5.92 Å². The molecule has 0 saturated heterocycles. The van der Waals surface area contributed by atoms with E-state index >= 15 is 0 Å². The van der Waals surface area contributed by atoms with Crippen LogP contribution in [0.3, 0.4) is 0 Å². The number of carbonyl (C=O) groups excluding carboxylic acids is 1. The minimum Gasteiger partial charge on any atom is -0.333 e. The zero-order chi connectivity index (χ0) is 10.3. The van der Waals surface area contributed by atoms with Gasteiger partial charge in [0.15, 0.2) is 0 Å². The molecule has 1 aliphatic carbocycles. The maximum absolute atomic E-state index is 11.3. The lowest BCUT2D eigenvalue weighted by atomic mass is 9.83. The molecule has 0 aromatic heterocycles. The van der Waals surface area contributed by atoms with Crippen molar-refractivity contribution in [3.05, 3.63) is 0 Å². The standard InChI is InChI=1S/C9H17NO.CH5N/c1-2-9(11)7-4-3-5-8(10)6-7;1-2/h7-8H,2-6,10H2,1H3;2H2,1H3. The van der Waals surface area contributed by atoms with Crippen LogP contribution in [-0.4, -0.2) is 18.9 Å². The summed E-state index contributed by atoms with van der Waals surface area (Å²) < 4.78 is 0. The Morgan fingerprint density at radius 1 is 1.38 bits per heavy atom. The van der Waals surface area contributed by atoms with Gasteiger partial charge in [-0.2, -0.15) is 0 Å². The van der Waals surface area contributed by atoms with E-state index < -0.39 is 0 Å². The Morgan fingerprint density at radius 2 is 2.00 bits per heavy atom. The van der Waals surface area contributed by atoms with Crippen LogP contribution in [0.4, 0.5) is 0 Å². The molecule has 78 valence electrons. The van der Waals surface area contributed by atoms with Crippen molar-refractivity contribution in [2.45, 2.75) is 45.1 Å². The van der Waals surface area contributed by atoms with Crippen molar-refractivity contribution in [2.75, 3.05) is 7.05 Å². The van der Waals surface area contributed by atoms with E-state index in [2.05, 4.69) is 5.73 Å². The molecule has 2 atom stereocenters. The summed E-state index contributed by atoms with van der Waals surface area (Å²) in [6.45, 7) is 1.93. The van der Waals surface area contributed by atoms with Crippen molar-refractivity contribution >= 4 is 5.78 Å². The monoisotopic (exact) mass is 186 g/mol. The van der Waals surface area contributed by atoms with Gasteiger partial charge in [0.05, 0.1) is 0 Å². The molecule has 4 N–H and O–H groups in total. The predicted molar refractivity (Wildman–Crippen MR) is 55.3 cm³/mol. The molecule has 1 saturated carbocycles. The van der Waals surface area contributed by atoms with Crippen LogP contribution in [0.25, 0.3) is 0 Å². The van der Waals surface area contributed by atoms with Crippen LogP contribution >= 0.6 is 0 Å². The predicted octanol–water partition coefficient (Wildman–Crippen LogP) is 1.06. The van der Waals surface area contributed by atoms with Crippen LogP contribution in [-0.2, 0) is 4.79 Å². The summed E-state index contributed by atoms with van der Waals surface area (Å²) in [6, 6.07) is 0.282. The van der Waals surface area contributed by atoms with Gasteiger partial charge in [0.25, 0.3) is 0 Å². The van der Waals surface area contributed by atoms with Gasteiger partial charge in [0.2, 0.25) is 0 Å². The number of rotatable bonds is 2. The number of ketones is 1. The molecular formula is C10H22N2O. The van der Waals surface area contributed by atoms with E-state index in [-0.39, 0.29) is 12.0 Å². The average Bonchev–Trinajstić information content (AvgIpc) is 2.20. The maximum Gasteiger partial charge on any atom is 0.135 e. The van der Waals surface area contributed by atoms with E-state index in [1.807, 2.05) is 6.92 Å². The molecule has 3 heteroatoms. The maximum atomic E-state index is 11.3. The number of hydrogen-bond donors (Lipinski definition) is 2. The molecule has 0 aromatic carbocycles. The summed E-state index contributed by atoms with van der Waals surface area (Å²) in [4.78, 5) is 11.3. The second-order valence-corrected chi connectivity index (χ2v) is 3.44. The summed E-state index contributed by atoms with van der Waals surface area (Å²) in [5.41, 5.74) is 10.3. The second-order valence-electron chi connectivity index (χ2n) is 3.44. The van der Waals surface area contributed by atoms with Crippen LogP contribution in [0.2, 0.25) is 0 Å². The van der Waals surface area contributed by atoms with Crippen LogP contribution in [0.5, 0.6) is 0 Å². The molecule has 0 spiro atoms. The van der Waals surface area contributed by atoms with E-state index in [1.54, 1.807) is 0 Å². The molecule has 0 aromatic rings. The van der Waals surface area contributed by atoms with Crippen molar-refractivity contribution in [3.63, 3.8) is 0 Å². The fraction of sp³-hybridized carbons (Fsp3) is 0.900. The highest BCUT2D eigenvalue weighted by Gasteiger charge is 2.23. The molecule has 2 unspecified atom stereocenters. The topological polar surface area (TPSA) is 69.1 Å². The molecule has 1 aliphatic rings. The third kappa shape index (κ3) is 4.39. The largest absolute Gasteiger partial charge is 0.333 e. The Labute approximate surface area is 80.9 Å². The first-order valence-electron chi connectivity index (χ1n) is 5.10. The quantitative estimate of drug-likeness (QED) is 0.677. The van der Waals surface area contributed by atoms with Crippen LogP contribution < -0.4 is 11.5 Å². The first-order valence-corrected chi connectivity index (χ1v) is 5.10. The Morgan fingerprint density at radius 3 is 2.46 bits per heavy atom. The number of hydrogen-bond acceptors (Lipinski definition) is 3. The zero-order valence-corrected chi connectivity index (χ0v) is 8.75. The minimum absolute atomic E-state index is 0.281. The Hall–Kier alpha value is -0.410. The molecule has 3 nitrogen and oxygen atoms in total. The Balaban J connectivity index is 0.000000671. The van der Waals surface area contributed by atoms with Crippen molar-refractivity contribution in [2.24, 2.45) is 17.4 Å². The molecule has 13 heavy (non-hydrogen) atoms. The Bertz CT molecular complexity index is 148. The first-order chi connectivity index (χ1) is 6.24. The van der Waals surface area contributed by atoms with Crippen molar-refractivity contribution in [1.29, 1.82) is 0 Å². The van der Waals surface area contributed by atoms with Gasteiger partial charge in [0.1, 0.15) is 5.78 Å². The van der Waals surface area contributed by atoms with Gasteiger partial charge in [-0.15, -0.1) is 0 Å². The van der Waals surface area contributed by atoms with Crippen LogP contribution in [0.1, 0.15) is 39.0 Å². The smallest absolute Gasteiger partial charge is 0.135 e. The van der Waals surface area contributed by atoms with E-state index in [9.17, 15) is 4.79 Å². The molecule has 0 radical (unpaired) electrons. The van der Waals surface area contributed by atoms with Gasteiger partial charge in [-0.1, -0.05) is 13.3 Å². The number of nitrogens with two attached hydrogens (primary N) is 2. The van der Waals surface area contributed by atoms with Gasteiger partial charge in [0, 0.05) is 18.4 Å². The SMILES string of the molecule is CCC(=O)C1CCCC(N)C1.CN. The van der Waals surface area contributed by atoms with E-state index in [4.69, 9.17) is 5.73 Å². The first kappa shape index (κ1) is 12.6. The van der Waals surface area contributed by atoms with Gasteiger partial charge < -0.3 is 11.5 Å². The van der Waals surface area contributed by atoms with Crippen molar-refractivity contribution < 1.29 is 4.79 Å². The normalized spacial score (nSPS) is 27.4. The third-order valence-electron chi connectivity index (χ3n) is 2.52. The lowest BCUT2D eigenvalue weighted by Crippen LogP contribution is -2.31. The van der Waals surface area contributed by atoms with Gasteiger partial charge in [-0.25, -0.2) is 0 Å². The highest BCUT2D eigenvalue weighted by molar-refractivity contribution is 5.80. The highest BCUT2D eigenvalue weighted by Crippen LogP contribution is 2.24. The summed E-state index contributed by atoms with van der Waals surface area (Å²) in [6.07, 6.45) is 4.91.